The zero-order valence-electron chi connectivity index (χ0n) is 17.4. The second-order valence-electron chi connectivity index (χ2n) is 6.83. The number of nitrogens with one attached hydrogen (secondary N) is 1. The van der Waals surface area contributed by atoms with Crippen LogP contribution < -0.4 is 15.0 Å². The molecule has 3 rings (SSSR count). The molecule has 0 aliphatic carbocycles. The summed E-state index contributed by atoms with van der Waals surface area (Å²) in [5.41, 5.74) is 3.70. The molecule has 0 saturated carbocycles. The van der Waals surface area contributed by atoms with Crippen molar-refractivity contribution in [1.82, 2.24) is 9.97 Å². The lowest BCUT2D eigenvalue weighted by molar-refractivity contribution is 0.101. The van der Waals surface area contributed by atoms with Crippen LogP contribution in [0.15, 0.2) is 52.4 Å². The van der Waals surface area contributed by atoms with Crippen LogP contribution in [0.2, 0.25) is 0 Å². The Balaban J connectivity index is 1.78. The van der Waals surface area contributed by atoms with Crippen molar-refractivity contribution in [2.45, 2.75) is 31.2 Å². The molecule has 0 radical (unpaired) electrons. The van der Waals surface area contributed by atoms with E-state index in [1.54, 1.807) is 26.4 Å². The number of thioether (sulfide) groups is 1. The number of rotatable bonds is 8. The van der Waals surface area contributed by atoms with Gasteiger partial charge >= 0.3 is 0 Å². The van der Waals surface area contributed by atoms with Crippen molar-refractivity contribution in [3.63, 3.8) is 0 Å². The minimum Gasteiger partial charge on any atom is -0.497 e. The number of methoxy groups -OCH3 is 2. The summed E-state index contributed by atoms with van der Waals surface area (Å²) in [6.45, 7) is 3.37. The summed E-state index contributed by atoms with van der Waals surface area (Å²) in [5, 5.41) is 0.534. The topological polar surface area (TPSA) is 81.3 Å². The highest BCUT2D eigenvalue weighted by molar-refractivity contribution is 7.98. The quantitative estimate of drug-likeness (QED) is 0.332. The first-order valence-electron chi connectivity index (χ1n) is 9.44. The molecule has 0 aliphatic rings. The molecular weight excluding hydrogens is 400 g/mol. The highest BCUT2D eigenvalue weighted by Crippen LogP contribution is 2.27. The van der Waals surface area contributed by atoms with E-state index >= 15 is 0 Å². The first kappa shape index (κ1) is 21.6. The first-order chi connectivity index (χ1) is 14.4. The van der Waals surface area contributed by atoms with Crippen LogP contribution >= 0.6 is 11.8 Å². The maximum absolute atomic E-state index is 12.7. The number of benzene rings is 2. The fraction of sp³-hybridized carbons (Fsp3) is 0.261. The van der Waals surface area contributed by atoms with Gasteiger partial charge in [-0.1, -0.05) is 23.9 Å². The number of ether oxygens (including phenoxy) is 2. The molecule has 6 nitrogen and oxygen atoms in total. The molecular formula is C23H24N2O4S. The van der Waals surface area contributed by atoms with Crippen LogP contribution in [-0.2, 0) is 12.2 Å². The summed E-state index contributed by atoms with van der Waals surface area (Å²) in [4.78, 5) is 31.8. The molecule has 156 valence electrons. The predicted octanol–water partition coefficient (Wildman–Crippen LogP) is 4.18. The third kappa shape index (κ3) is 5.10. The lowest BCUT2D eigenvalue weighted by Gasteiger charge is -2.11. The first-order valence-corrected chi connectivity index (χ1v) is 10.4. The van der Waals surface area contributed by atoms with Crippen molar-refractivity contribution in [2.75, 3.05) is 14.2 Å². The number of hydrogen-bond donors (Lipinski definition) is 1. The molecule has 0 bridgehead atoms. The molecule has 3 aromatic rings. The molecule has 2 aromatic carbocycles. The molecule has 1 aromatic heterocycles. The summed E-state index contributed by atoms with van der Waals surface area (Å²) in [7, 11) is 3.21. The second kappa shape index (κ2) is 9.63. The number of hydrogen-bond acceptors (Lipinski definition) is 6. The summed E-state index contributed by atoms with van der Waals surface area (Å²) in [5.74, 6) is 1.99. The number of aromatic amines is 1. The van der Waals surface area contributed by atoms with Gasteiger partial charge in [0.1, 0.15) is 11.5 Å². The highest BCUT2D eigenvalue weighted by Gasteiger charge is 2.12. The van der Waals surface area contributed by atoms with Gasteiger partial charge in [0.25, 0.3) is 5.56 Å². The van der Waals surface area contributed by atoms with Gasteiger partial charge in [0, 0.05) is 34.6 Å². The Morgan fingerprint density at radius 2 is 1.83 bits per heavy atom. The van der Waals surface area contributed by atoms with Gasteiger partial charge in [-0.15, -0.1) is 0 Å². The number of Topliss-reactive ketones (excluding diaryl/α,β-unsaturated/α-hetero) is 1. The standard InChI is InChI=1S/C23H24N2O4S/c1-14-20(11-16-5-8-19(28-3)9-6-16)22(27)25-23(24-14)30-13-18-12-17(15(2)26)7-10-21(18)29-4/h5-10,12H,11,13H2,1-4H3,(H,24,25,27). The summed E-state index contributed by atoms with van der Waals surface area (Å²) < 4.78 is 10.6. The summed E-state index contributed by atoms with van der Waals surface area (Å²) in [6.07, 6.45) is 0.498. The average Bonchev–Trinajstić information content (AvgIpc) is 2.75. The van der Waals surface area contributed by atoms with Gasteiger partial charge in [-0.05, 0) is 49.7 Å². The van der Waals surface area contributed by atoms with Crippen LogP contribution in [-0.4, -0.2) is 30.0 Å². The van der Waals surface area contributed by atoms with Crippen LogP contribution in [0, 0.1) is 6.92 Å². The smallest absolute Gasteiger partial charge is 0.255 e. The minimum atomic E-state index is -0.148. The number of nitrogens with zero attached hydrogens (tertiary/aromatic N) is 1. The fourth-order valence-electron chi connectivity index (χ4n) is 3.07. The summed E-state index contributed by atoms with van der Waals surface area (Å²) >= 11 is 1.40. The predicted molar refractivity (Wildman–Crippen MR) is 118 cm³/mol. The Labute approximate surface area is 179 Å². The van der Waals surface area contributed by atoms with E-state index in [-0.39, 0.29) is 11.3 Å². The van der Waals surface area contributed by atoms with Gasteiger partial charge in [-0.2, -0.15) is 0 Å². The van der Waals surface area contributed by atoms with E-state index in [1.165, 1.54) is 18.7 Å². The van der Waals surface area contributed by atoms with Gasteiger partial charge in [0.2, 0.25) is 0 Å². The maximum Gasteiger partial charge on any atom is 0.255 e. The molecule has 0 fully saturated rings. The lowest BCUT2D eigenvalue weighted by atomic mass is 10.1. The fourth-order valence-corrected chi connectivity index (χ4v) is 3.95. The Morgan fingerprint density at radius 1 is 1.10 bits per heavy atom. The van der Waals surface area contributed by atoms with E-state index in [2.05, 4.69) is 9.97 Å². The van der Waals surface area contributed by atoms with Crippen LogP contribution in [0.4, 0.5) is 0 Å². The summed E-state index contributed by atoms with van der Waals surface area (Å²) in [6, 6.07) is 13.0. The maximum atomic E-state index is 12.7. The van der Waals surface area contributed by atoms with E-state index in [0.717, 1.165) is 16.9 Å². The van der Waals surface area contributed by atoms with Gasteiger partial charge in [-0.3, -0.25) is 9.59 Å². The molecule has 0 spiro atoms. The Bertz CT molecular complexity index is 1110. The Kier molecular flexibility index (Phi) is 6.95. The molecule has 7 heteroatoms. The van der Waals surface area contributed by atoms with Gasteiger partial charge in [-0.25, -0.2) is 4.98 Å². The van der Waals surface area contributed by atoms with Gasteiger partial charge < -0.3 is 14.5 Å². The van der Waals surface area contributed by atoms with E-state index < -0.39 is 0 Å². The molecule has 1 N–H and O–H groups in total. The van der Waals surface area contributed by atoms with Crippen molar-refractivity contribution in [2.24, 2.45) is 0 Å². The molecule has 0 aliphatic heterocycles. The van der Waals surface area contributed by atoms with Crippen LogP contribution in [0.5, 0.6) is 11.5 Å². The number of aromatic nitrogens is 2. The molecule has 0 amide bonds. The third-order valence-electron chi connectivity index (χ3n) is 4.79. The molecule has 30 heavy (non-hydrogen) atoms. The van der Waals surface area contributed by atoms with Crippen LogP contribution in [0.25, 0.3) is 0 Å². The van der Waals surface area contributed by atoms with Gasteiger partial charge in [0.15, 0.2) is 10.9 Å². The second-order valence-corrected chi connectivity index (χ2v) is 7.80. The highest BCUT2D eigenvalue weighted by atomic mass is 32.2. The largest absolute Gasteiger partial charge is 0.497 e. The van der Waals surface area contributed by atoms with Gasteiger partial charge in [0.05, 0.1) is 14.2 Å². The SMILES string of the molecule is COc1ccc(Cc2c(C)nc(SCc3cc(C(C)=O)ccc3OC)[nH]c2=O)cc1. The average molecular weight is 425 g/mol. The third-order valence-corrected chi connectivity index (χ3v) is 5.71. The molecule has 0 atom stereocenters. The monoisotopic (exact) mass is 424 g/mol. The zero-order chi connectivity index (χ0) is 21.7. The molecule has 0 saturated heterocycles. The number of H-pyrrole nitrogens is 1. The van der Waals surface area contributed by atoms with Crippen molar-refractivity contribution >= 4 is 17.5 Å². The van der Waals surface area contributed by atoms with E-state index in [0.29, 0.717) is 39.9 Å². The van der Waals surface area contributed by atoms with E-state index in [4.69, 9.17) is 9.47 Å². The number of carbonyl (C=O) groups is 1. The van der Waals surface area contributed by atoms with E-state index in [9.17, 15) is 9.59 Å². The normalized spacial score (nSPS) is 10.7. The van der Waals surface area contributed by atoms with Crippen molar-refractivity contribution in [1.29, 1.82) is 0 Å². The van der Waals surface area contributed by atoms with Crippen LogP contribution in [0.1, 0.15) is 39.7 Å². The zero-order valence-corrected chi connectivity index (χ0v) is 18.3. The number of carbonyl (C=O) groups excluding carboxylic acids is 1. The van der Waals surface area contributed by atoms with Crippen molar-refractivity contribution in [3.8, 4) is 11.5 Å². The van der Waals surface area contributed by atoms with Crippen LogP contribution in [0.3, 0.4) is 0 Å². The minimum absolute atomic E-state index is 0.00540. The Hall–Kier alpha value is -3.06. The van der Waals surface area contributed by atoms with E-state index in [1.807, 2.05) is 37.3 Å². The van der Waals surface area contributed by atoms with Crippen molar-refractivity contribution < 1.29 is 14.3 Å². The Morgan fingerprint density at radius 3 is 2.43 bits per heavy atom. The molecule has 0 unspecified atom stereocenters. The number of aryl methyl sites for hydroxylation is 1. The molecule has 1 heterocycles. The number of ketones is 1. The van der Waals surface area contributed by atoms with Crippen molar-refractivity contribution in [3.05, 3.63) is 80.8 Å². The lowest BCUT2D eigenvalue weighted by Crippen LogP contribution is -2.17.